The Hall–Kier alpha value is -0.570. The van der Waals surface area contributed by atoms with Crippen molar-refractivity contribution in [3.05, 3.63) is 34.3 Å². The lowest BCUT2D eigenvalue weighted by molar-refractivity contribution is 0.0618. The molecule has 0 spiro atoms. The Morgan fingerprint density at radius 2 is 1.94 bits per heavy atom. The highest BCUT2D eigenvalue weighted by Gasteiger charge is 2.27. The standard InChI is InChI=1S/C15H22ClNO/c1-10-7-8-12(9-13(10)16)14(17)15(18)11-5-3-2-4-6-11/h7-9,11,14-15,18H,2-6,17H2,1H3/t14-,15+/m1/s1. The molecule has 3 heteroatoms. The van der Waals surface area contributed by atoms with E-state index in [9.17, 15) is 5.11 Å². The van der Waals surface area contributed by atoms with Crippen molar-refractivity contribution in [1.29, 1.82) is 0 Å². The number of aryl methyl sites for hydroxylation is 1. The molecule has 1 fully saturated rings. The molecule has 2 atom stereocenters. The van der Waals surface area contributed by atoms with Crippen LogP contribution in [0.25, 0.3) is 0 Å². The summed E-state index contributed by atoms with van der Waals surface area (Å²) in [6.07, 6.45) is 5.44. The highest BCUT2D eigenvalue weighted by Crippen LogP contribution is 2.32. The van der Waals surface area contributed by atoms with Crippen molar-refractivity contribution < 1.29 is 5.11 Å². The topological polar surface area (TPSA) is 46.2 Å². The van der Waals surface area contributed by atoms with Gasteiger partial charge in [0.2, 0.25) is 0 Å². The van der Waals surface area contributed by atoms with Gasteiger partial charge in [-0.2, -0.15) is 0 Å². The number of nitrogens with two attached hydrogens (primary N) is 1. The zero-order valence-electron chi connectivity index (χ0n) is 10.9. The fourth-order valence-corrected chi connectivity index (χ4v) is 2.97. The Bertz CT molecular complexity index is 401. The molecule has 0 heterocycles. The van der Waals surface area contributed by atoms with Crippen LogP contribution in [-0.4, -0.2) is 11.2 Å². The molecule has 18 heavy (non-hydrogen) atoms. The van der Waals surface area contributed by atoms with Gasteiger partial charge < -0.3 is 10.8 Å². The van der Waals surface area contributed by atoms with Gasteiger partial charge in [-0.1, -0.05) is 43.0 Å². The van der Waals surface area contributed by atoms with Crippen LogP contribution in [0.2, 0.25) is 5.02 Å². The van der Waals surface area contributed by atoms with Gasteiger partial charge in [-0.15, -0.1) is 0 Å². The number of halogens is 1. The Labute approximate surface area is 114 Å². The number of aliphatic hydroxyl groups excluding tert-OH is 1. The number of hydrogen-bond donors (Lipinski definition) is 2. The largest absolute Gasteiger partial charge is 0.391 e. The molecule has 0 saturated heterocycles. The van der Waals surface area contributed by atoms with E-state index in [2.05, 4.69) is 0 Å². The molecule has 1 aromatic carbocycles. The van der Waals surface area contributed by atoms with Crippen LogP contribution in [0.3, 0.4) is 0 Å². The zero-order chi connectivity index (χ0) is 13.1. The first-order valence-corrected chi connectivity index (χ1v) is 7.17. The van der Waals surface area contributed by atoms with E-state index in [4.69, 9.17) is 17.3 Å². The lowest BCUT2D eigenvalue weighted by Crippen LogP contribution is -2.34. The third-order valence-corrected chi connectivity index (χ3v) is 4.49. The number of benzene rings is 1. The summed E-state index contributed by atoms with van der Waals surface area (Å²) in [4.78, 5) is 0. The van der Waals surface area contributed by atoms with Crippen LogP contribution in [0.5, 0.6) is 0 Å². The maximum atomic E-state index is 10.4. The summed E-state index contributed by atoms with van der Waals surface area (Å²) < 4.78 is 0. The van der Waals surface area contributed by atoms with E-state index >= 15 is 0 Å². The average molecular weight is 268 g/mol. The van der Waals surface area contributed by atoms with Gasteiger partial charge in [-0.25, -0.2) is 0 Å². The molecular formula is C15H22ClNO. The SMILES string of the molecule is Cc1ccc([C@@H](N)[C@@H](O)C2CCCCC2)cc1Cl. The second-order valence-corrected chi connectivity index (χ2v) is 5.83. The Morgan fingerprint density at radius 1 is 1.28 bits per heavy atom. The summed E-state index contributed by atoms with van der Waals surface area (Å²) in [5.41, 5.74) is 8.16. The van der Waals surface area contributed by atoms with Gasteiger partial charge in [0.25, 0.3) is 0 Å². The molecule has 3 N–H and O–H groups in total. The first-order valence-electron chi connectivity index (χ1n) is 6.79. The Morgan fingerprint density at radius 3 is 2.56 bits per heavy atom. The minimum absolute atomic E-state index is 0.328. The molecule has 1 aromatic rings. The van der Waals surface area contributed by atoms with Crippen molar-refractivity contribution >= 4 is 11.6 Å². The summed E-state index contributed by atoms with van der Waals surface area (Å²) in [5, 5.41) is 11.1. The number of hydrogen-bond acceptors (Lipinski definition) is 2. The second kappa shape index (κ2) is 6.05. The normalized spacial score (nSPS) is 20.7. The van der Waals surface area contributed by atoms with Gasteiger partial charge in [-0.05, 0) is 42.9 Å². The Kier molecular flexibility index (Phi) is 4.66. The molecule has 0 radical (unpaired) electrons. The molecule has 0 aromatic heterocycles. The van der Waals surface area contributed by atoms with Crippen LogP contribution in [0.4, 0.5) is 0 Å². The van der Waals surface area contributed by atoms with Crippen LogP contribution in [0, 0.1) is 12.8 Å². The van der Waals surface area contributed by atoms with Crippen molar-refractivity contribution in [2.75, 3.05) is 0 Å². The molecule has 0 bridgehead atoms. The van der Waals surface area contributed by atoms with E-state index in [1.54, 1.807) is 0 Å². The van der Waals surface area contributed by atoms with Crippen molar-refractivity contribution in [1.82, 2.24) is 0 Å². The average Bonchev–Trinajstić information content (AvgIpc) is 2.41. The highest BCUT2D eigenvalue weighted by atomic mass is 35.5. The van der Waals surface area contributed by atoms with E-state index < -0.39 is 6.10 Å². The van der Waals surface area contributed by atoms with E-state index in [-0.39, 0.29) is 6.04 Å². The van der Waals surface area contributed by atoms with Crippen LogP contribution in [-0.2, 0) is 0 Å². The van der Waals surface area contributed by atoms with Gasteiger partial charge in [0.15, 0.2) is 0 Å². The third kappa shape index (κ3) is 3.05. The van der Waals surface area contributed by atoms with Gasteiger partial charge in [-0.3, -0.25) is 0 Å². The number of rotatable bonds is 3. The maximum absolute atomic E-state index is 10.4. The fourth-order valence-electron chi connectivity index (χ4n) is 2.78. The van der Waals surface area contributed by atoms with E-state index in [0.29, 0.717) is 5.92 Å². The lowest BCUT2D eigenvalue weighted by Gasteiger charge is -2.30. The monoisotopic (exact) mass is 267 g/mol. The van der Waals surface area contributed by atoms with Gasteiger partial charge >= 0.3 is 0 Å². The van der Waals surface area contributed by atoms with Crippen molar-refractivity contribution in [3.8, 4) is 0 Å². The summed E-state index contributed by atoms with van der Waals surface area (Å²) in [6, 6.07) is 5.49. The molecule has 0 aliphatic heterocycles. The summed E-state index contributed by atoms with van der Waals surface area (Å²) in [5.74, 6) is 0.342. The lowest BCUT2D eigenvalue weighted by atomic mass is 9.81. The maximum Gasteiger partial charge on any atom is 0.0760 e. The highest BCUT2D eigenvalue weighted by molar-refractivity contribution is 6.31. The molecule has 1 saturated carbocycles. The molecule has 2 rings (SSSR count). The minimum Gasteiger partial charge on any atom is -0.391 e. The van der Waals surface area contributed by atoms with Crippen molar-refractivity contribution in [2.45, 2.75) is 51.2 Å². The third-order valence-electron chi connectivity index (χ3n) is 4.08. The molecule has 0 amide bonds. The molecule has 2 nitrogen and oxygen atoms in total. The van der Waals surface area contributed by atoms with Crippen LogP contribution >= 0.6 is 11.6 Å². The smallest absolute Gasteiger partial charge is 0.0760 e. The predicted octanol–water partition coefficient (Wildman–Crippen LogP) is 3.59. The summed E-state index contributed by atoms with van der Waals surface area (Å²) in [6.45, 7) is 1.97. The molecule has 100 valence electrons. The molecule has 0 unspecified atom stereocenters. The second-order valence-electron chi connectivity index (χ2n) is 5.42. The van der Waals surface area contributed by atoms with Crippen molar-refractivity contribution in [3.63, 3.8) is 0 Å². The summed E-state index contributed by atoms with van der Waals surface area (Å²) >= 11 is 6.11. The first-order chi connectivity index (χ1) is 8.59. The van der Waals surface area contributed by atoms with Crippen LogP contribution < -0.4 is 5.73 Å². The van der Waals surface area contributed by atoms with Crippen LogP contribution in [0.15, 0.2) is 18.2 Å². The minimum atomic E-state index is -0.455. The van der Waals surface area contributed by atoms with E-state index in [1.165, 1.54) is 19.3 Å². The molecule has 1 aliphatic rings. The van der Waals surface area contributed by atoms with Gasteiger partial charge in [0, 0.05) is 5.02 Å². The van der Waals surface area contributed by atoms with E-state index in [1.807, 2.05) is 25.1 Å². The van der Waals surface area contributed by atoms with Crippen LogP contribution in [0.1, 0.15) is 49.3 Å². The van der Waals surface area contributed by atoms with E-state index in [0.717, 1.165) is 29.0 Å². The Balaban J connectivity index is 2.09. The number of aliphatic hydroxyl groups is 1. The quantitative estimate of drug-likeness (QED) is 0.879. The zero-order valence-corrected chi connectivity index (χ0v) is 11.7. The summed E-state index contributed by atoms with van der Waals surface area (Å²) in [7, 11) is 0. The molecular weight excluding hydrogens is 246 g/mol. The van der Waals surface area contributed by atoms with Gasteiger partial charge in [0.05, 0.1) is 12.1 Å². The fraction of sp³-hybridized carbons (Fsp3) is 0.600. The van der Waals surface area contributed by atoms with Crippen molar-refractivity contribution in [2.24, 2.45) is 11.7 Å². The molecule has 1 aliphatic carbocycles. The predicted molar refractivity (Wildman–Crippen MR) is 75.7 cm³/mol. The van der Waals surface area contributed by atoms with Gasteiger partial charge in [0.1, 0.15) is 0 Å². The first kappa shape index (κ1) is 13.9.